The van der Waals surface area contributed by atoms with Crippen molar-refractivity contribution < 1.29 is 41.2 Å². The van der Waals surface area contributed by atoms with Gasteiger partial charge in [0, 0.05) is 54.6 Å². The van der Waals surface area contributed by atoms with Crippen LogP contribution in [0.25, 0.3) is 0 Å². The molecular formula is C43H49BrN2O4. The summed E-state index contributed by atoms with van der Waals surface area (Å²) in [6, 6.07) is 9.05. The molecule has 4 heterocycles. The number of likely N-dealkylation sites (tertiary alicyclic amines) is 2. The number of rotatable bonds is 4. The SMILES string of the molecule is CC1=CC=C2C3Cc4ccc(O)c5c4[C@@]2(CCN3CC2CC2)[C@H]1O5.CC1=CC=C2C3Cc4ccc(O)c5c4[C@@]2(CC[N+]3(C)CC2CC2)[C@H]1O5.[Br-]. The van der Waals surface area contributed by atoms with E-state index in [-0.39, 0.29) is 40.0 Å². The first-order valence-corrected chi connectivity index (χ1v) is 19.1. The van der Waals surface area contributed by atoms with Crippen LogP contribution in [0.4, 0.5) is 0 Å². The van der Waals surface area contributed by atoms with Gasteiger partial charge in [-0.05, 0) is 98.3 Å². The third-order valence-electron chi connectivity index (χ3n) is 14.7. The van der Waals surface area contributed by atoms with Crippen LogP contribution in [0.2, 0.25) is 0 Å². The van der Waals surface area contributed by atoms with Crippen LogP contribution < -0.4 is 26.5 Å². The molecule has 50 heavy (non-hydrogen) atoms. The number of allylic oxidation sites excluding steroid dienone is 4. The third kappa shape index (κ3) is 4.03. The van der Waals surface area contributed by atoms with Gasteiger partial charge in [-0.15, -0.1) is 0 Å². The average molecular weight is 738 g/mol. The quantitative estimate of drug-likeness (QED) is 0.469. The van der Waals surface area contributed by atoms with E-state index in [1.54, 1.807) is 11.1 Å². The van der Waals surface area contributed by atoms with Crippen LogP contribution in [0.15, 0.2) is 70.9 Å². The topological polar surface area (TPSA) is 62.2 Å². The minimum atomic E-state index is -0.0226. The number of benzene rings is 2. The van der Waals surface area contributed by atoms with Gasteiger partial charge in [0.05, 0.1) is 31.0 Å². The van der Waals surface area contributed by atoms with E-state index < -0.39 is 0 Å². The number of nitrogens with zero attached hydrogens (tertiary/aromatic N) is 2. The lowest BCUT2D eigenvalue weighted by Gasteiger charge is -2.57. The second-order valence-electron chi connectivity index (χ2n) is 17.6. The van der Waals surface area contributed by atoms with Crippen molar-refractivity contribution in [3.63, 3.8) is 0 Å². The minimum absolute atomic E-state index is 0. The Morgan fingerprint density at radius 1 is 0.760 bits per heavy atom. The van der Waals surface area contributed by atoms with Crippen molar-refractivity contribution in [3.8, 4) is 23.0 Å². The fourth-order valence-electron chi connectivity index (χ4n) is 12.1. The number of phenolic OH excluding ortho intramolecular Hbond substituents is 2. The van der Waals surface area contributed by atoms with Gasteiger partial charge in [-0.2, -0.15) is 0 Å². The largest absolute Gasteiger partial charge is 1.00 e. The Morgan fingerprint density at radius 2 is 1.34 bits per heavy atom. The van der Waals surface area contributed by atoms with Gasteiger partial charge in [-0.25, -0.2) is 0 Å². The molecule has 2 aromatic carbocycles. The highest BCUT2D eigenvalue weighted by atomic mass is 79.9. The molecule has 10 aliphatic rings. The van der Waals surface area contributed by atoms with Gasteiger partial charge in [-0.1, -0.05) is 36.4 Å². The van der Waals surface area contributed by atoms with Crippen LogP contribution in [0.1, 0.15) is 74.6 Å². The number of likely N-dealkylation sites (N-methyl/N-ethyl adjacent to an activating group) is 1. The summed E-state index contributed by atoms with van der Waals surface area (Å²) < 4.78 is 14.0. The standard InChI is InChI=1S/C22H25NO2.C21H23NO2.BrH/c1-13-3-7-16-17-11-15-6-8-18(24)20-19(15)22(16,21(13)25-20)9-10-23(17,2)12-14-4-5-14;1-12-2-6-15-16-10-14-5-7-17(23)19-18(14)21(15,20(12)24-19)8-9-22(16)11-13-3-4-13;/h3,6-8,14,17,21H,4-5,9-12H2,1-2H3;2,5-7,13,16,20,23H,3-4,8-11H2,1H3;1H/t17?,21-,22-,23?;16?,20-,21-;/m00./s1. The van der Waals surface area contributed by atoms with Gasteiger partial charge < -0.3 is 41.2 Å². The van der Waals surface area contributed by atoms with Crippen LogP contribution in [-0.2, 0) is 23.7 Å². The van der Waals surface area contributed by atoms with E-state index >= 15 is 0 Å². The Labute approximate surface area is 306 Å². The molecule has 2 spiro atoms. The molecule has 4 aliphatic heterocycles. The maximum absolute atomic E-state index is 10.5. The van der Waals surface area contributed by atoms with E-state index in [9.17, 15) is 10.2 Å². The van der Waals surface area contributed by atoms with Crippen molar-refractivity contribution in [3.05, 3.63) is 93.1 Å². The van der Waals surface area contributed by atoms with Crippen molar-refractivity contribution >= 4 is 0 Å². The second-order valence-corrected chi connectivity index (χ2v) is 17.6. The second kappa shape index (κ2) is 10.5. The molecule has 6 aliphatic carbocycles. The number of aromatic hydroxyl groups is 2. The molecule has 2 saturated carbocycles. The lowest BCUT2D eigenvalue weighted by Crippen LogP contribution is -3.00. The number of hydrogen-bond acceptors (Lipinski definition) is 5. The Bertz CT molecular complexity index is 1970. The Morgan fingerprint density at radius 3 is 1.96 bits per heavy atom. The smallest absolute Gasteiger partial charge is 0.166 e. The Hall–Kier alpha value is -3.00. The Balaban J connectivity index is 0.000000124. The summed E-state index contributed by atoms with van der Waals surface area (Å²) >= 11 is 0. The monoisotopic (exact) mass is 736 g/mol. The van der Waals surface area contributed by atoms with Gasteiger partial charge in [0.2, 0.25) is 0 Å². The molecule has 3 unspecified atom stereocenters. The molecule has 0 amide bonds. The highest BCUT2D eigenvalue weighted by molar-refractivity contribution is 5.69. The lowest BCUT2D eigenvalue weighted by atomic mass is 9.56. The van der Waals surface area contributed by atoms with Crippen LogP contribution in [0.3, 0.4) is 0 Å². The van der Waals surface area contributed by atoms with Gasteiger partial charge in [0.1, 0.15) is 18.2 Å². The minimum Gasteiger partial charge on any atom is -1.00 e. The predicted molar refractivity (Wildman–Crippen MR) is 189 cm³/mol. The van der Waals surface area contributed by atoms with Crippen LogP contribution >= 0.6 is 0 Å². The number of piperidine rings is 2. The first kappa shape index (κ1) is 31.7. The van der Waals surface area contributed by atoms with Crippen LogP contribution in [-0.4, -0.2) is 77.1 Å². The van der Waals surface area contributed by atoms with E-state index in [0.29, 0.717) is 23.6 Å². The molecule has 0 radical (unpaired) electrons. The number of phenols is 2. The zero-order valence-electron chi connectivity index (χ0n) is 29.6. The molecule has 7 atom stereocenters. The molecule has 2 aromatic rings. The molecule has 4 bridgehead atoms. The van der Waals surface area contributed by atoms with Gasteiger partial charge in [0.25, 0.3) is 0 Å². The van der Waals surface area contributed by atoms with Crippen LogP contribution in [0, 0.1) is 11.8 Å². The summed E-state index contributed by atoms with van der Waals surface area (Å²) in [7, 11) is 2.49. The van der Waals surface area contributed by atoms with Gasteiger partial charge >= 0.3 is 0 Å². The Kier molecular flexibility index (Phi) is 6.69. The van der Waals surface area contributed by atoms with Crippen molar-refractivity contribution in [2.75, 3.05) is 33.2 Å². The van der Waals surface area contributed by atoms with Crippen molar-refractivity contribution in [2.24, 2.45) is 11.8 Å². The number of hydrogen-bond donors (Lipinski definition) is 2. The van der Waals surface area contributed by atoms with E-state index in [2.05, 4.69) is 62.2 Å². The maximum atomic E-state index is 10.5. The summed E-state index contributed by atoms with van der Waals surface area (Å²) in [5.74, 6) is 4.00. The molecular weight excluding hydrogens is 688 g/mol. The molecule has 7 heteroatoms. The summed E-state index contributed by atoms with van der Waals surface area (Å²) in [6.45, 7) is 9.32. The van der Waals surface area contributed by atoms with Crippen LogP contribution in [0.5, 0.6) is 23.0 Å². The first-order chi connectivity index (χ1) is 23.7. The molecule has 2 N–H and O–H groups in total. The summed E-state index contributed by atoms with van der Waals surface area (Å²) in [5.41, 5.74) is 11.1. The van der Waals surface area contributed by atoms with E-state index in [1.807, 2.05) is 12.1 Å². The fraction of sp³-hybridized carbons (Fsp3) is 0.535. The zero-order valence-corrected chi connectivity index (χ0v) is 31.1. The fourth-order valence-corrected chi connectivity index (χ4v) is 12.1. The van der Waals surface area contributed by atoms with E-state index in [0.717, 1.165) is 55.6 Å². The highest BCUT2D eigenvalue weighted by Crippen LogP contribution is 2.64. The van der Waals surface area contributed by atoms with E-state index in [4.69, 9.17) is 9.47 Å². The number of halogens is 1. The van der Waals surface area contributed by atoms with Gasteiger partial charge in [0.15, 0.2) is 23.0 Å². The predicted octanol–water partition coefficient (Wildman–Crippen LogP) is 3.78. The zero-order chi connectivity index (χ0) is 33.0. The maximum Gasteiger partial charge on any atom is 0.166 e. The molecule has 0 aromatic heterocycles. The van der Waals surface area contributed by atoms with Crippen molar-refractivity contribution in [1.29, 1.82) is 0 Å². The third-order valence-corrected chi connectivity index (χ3v) is 14.7. The molecule has 262 valence electrons. The lowest BCUT2D eigenvalue weighted by molar-refractivity contribution is -0.935. The summed E-state index contributed by atoms with van der Waals surface area (Å²) in [5, 5.41) is 20.9. The van der Waals surface area contributed by atoms with Crippen molar-refractivity contribution in [1.82, 2.24) is 4.90 Å². The molecule has 4 fully saturated rings. The van der Waals surface area contributed by atoms with Gasteiger partial charge in [-0.3, -0.25) is 4.90 Å². The first-order valence-electron chi connectivity index (χ1n) is 19.1. The highest BCUT2D eigenvalue weighted by Gasteiger charge is 2.65. The van der Waals surface area contributed by atoms with E-state index in [1.165, 1.54) is 83.2 Å². The molecule has 12 rings (SSSR count). The van der Waals surface area contributed by atoms with Crippen molar-refractivity contribution in [2.45, 2.75) is 100 Å². The molecule has 6 nitrogen and oxygen atoms in total. The number of ether oxygens (including phenoxy) is 2. The molecule has 2 saturated heterocycles. The summed E-state index contributed by atoms with van der Waals surface area (Å²) in [4.78, 5) is 2.73. The average Bonchev–Trinajstić information content (AvgIpc) is 4.02. The number of quaternary nitrogens is 1. The summed E-state index contributed by atoms with van der Waals surface area (Å²) in [6.07, 6.45) is 19.5. The normalized spacial score (nSPS) is 37.3.